The van der Waals surface area contributed by atoms with E-state index in [0.717, 1.165) is 7.11 Å². The van der Waals surface area contributed by atoms with E-state index in [9.17, 15) is 24.0 Å². The van der Waals surface area contributed by atoms with Gasteiger partial charge in [-0.3, -0.25) is 9.59 Å². The number of ether oxygens (including phenoxy) is 4. The van der Waals surface area contributed by atoms with E-state index in [1.807, 2.05) is 0 Å². The van der Waals surface area contributed by atoms with Gasteiger partial charge in [0.15, 0.2) is 0 Å². The topological polar surface area (TPSA) is 164 Å². The standard InChI is InChI=1S/C29H37N3O9/c1-38-25(33)17-16-23(27(35)39-2)31-26(34)24(15-9-10-18-30)32(28(36)40-19-21-11-5-3-6-12-21)29(37)41-20-22-13-7-4-8-14-22/h3-8,11-14,23-24H,9-10,15-20,30H2,1-2H3,(H,31,34). The summed E-state index contributed by atoms with van der Waals surface area (Å²) >= 11 is 0. The number of amides is 3. The highest BCUT2D eigenvalue weighted by atomic mass is 16.6. The monoisotopic (exact) mass is 571 g/mol. The molecule has 0 aliphatic rings. The third kappa shape index (κ3) is 11.3. The van der Waals surface area contributed by atoms with Crippen molar-refractivity contribution in [2.75, 3.05) is 20.8 Å². The molecule has 12 nitrogen and oxygen atoms in total. The lowest BCUT2D eigenvalue weighted by atomic mass is 10.1. The van der Waals surface area contributed by atoms with Crippen molar-refractivity contribution in [3.05, 3.63) is 71.8 Å². The SMILES string of the molecule is COC(=O)CCC(NC(=O)C(CCCCN)N(C(=O)OCc1ccccc1)C(=O)OCc1ccccc1)C(=O)OC. The molecule has 0 bridgehead atoms. The number of hydrogen-bond acceptors (Lipinski definition) is 10. The van der Waals surface area contributed by atoms with Gasteiger partial charge in [-0.25, -0.2) is 14.4 Å². The number of esters is 2. The van der Waals surface area contributed by atoms with Crippen LogP contribution in [0.1, 0.15) is 43.2 Å². The van der Waals surface area contributed by atoms with E-state index in [-0.39, 0.29) is 32.5 Å². The summed E-state index contributed by atoms with van der Waals surface area (Å²) in [6, 6.07) is 14.9. The zero-order valence-corrected chi connectivity index (χ0v) is 23.3. The number of nitrogens with one attached hydrogen (secondary N) is 1. The minimum atomic E-state index is -1.42. The zero-order valence-electron chi connectivity index (χ0n) is 23.3. The summed E-state index contributed by atoms with van der Waals surface area (Å²) in [4.78, 5) is 64.8. The Hall–Kier alpha value is -4.45. The molecule has 0 aromatic heterocycles. The van der Waals surface area contributed by atoms with Gasteiger partial charge in [0.1, 0.15) is 25.3 Å². The van der Waals surface area contributed by atoms with E-state index in [2.05, 4.69) is 10.1 Å². The van der Waals surface area contributed by atoms with Crippen molar-refractivity contribution < 1.29 is 42.9 Å². The Balaban J connectivity index is 2.33. The van der Waals surface area contributed by atoms with Gasteiger partial charge in [-0.2, -0.15) is 4.90 Å². The number of rotatable bonds is 15. The molecule has 0 heterocycles. The lowest BCUT2D eigenvalue weighted by molar-refractivity contribution is -0.147. The molecular formula is C29H37N3O9. The van der Waals surface area contributed by atoms with E-state index in [1.54, 1.807) is 60.7 Å². The number of unbranched alkanes of at least 4 members (excludes halogenated alkanes) is 1. The number of imide groups is 1. The average molecular weight is 572 g/mol. The molecule has 2 rings (SSSR count). The maximum absolute atomic E-state index is 13.6. The lowest BCUT2D eigenvalue weighted by Crippen LogP contribution is -2.55. The number of carbonyl (C=O) groups excluding carboxylic acids is 5. The van der Waals surface area contributed by atoms with Crippen molar-refractivity contribution in [3.63, 3.8) is 0 Å². The quantitative estimate of drug-likeness (QED) is 0.184. The van der Waals surface area contributed by atoms with Crippen LogP contribution >= 0.6 is 0 Å². The summed E-state index contributed by atoms with van der Waals surface area (Å²) < 4.78 is 20.2. The zero-order chi connectivity index (χ0) is 30.0. The Labute approximate surface area is 239 Å². The maximum atomic E-state index is 13.6. The molecular weight excluding hydrogens is 534 g/mol. The average Bonchev–Trinajstić information content (AvgIpc) is 3.00. The molecule has 222 valence electrons. The molecule has 3 amide bonds. The fourth-order valence-corrected chi connectivity index (χ4v) is 3.79. The van der Waals surface area contributed by atoms with Crippen LogP contribution in [0.2, 0.25) is 0 Å². The Bertz CT molecular complexity index is 1070. The van der Waals surface area contributed by atoms with Crippen LogP contribution < -0.4 is 11.1 Å². The van der Waals surface area contributed by atoms with Crippen molar-refractivity contribution in [2.24, 2.45) is 5.73 Å². The molecule has 0 fully saturated rings. The Morgan fingerprint density at radius 1 is 0.780 bits per heavy atom. The van der Waals surface area contributed by atoms with Crippen molar-refractivity contribution in [3.8, 4) is 0 Å². The van der Waals surface area contributed by atoms with Crippen LogP contribution in [0, 0.1) is 0 Å². The van der Waals surface area contributed by atoms with Crippen LogP contribution in [0.5, 0.6) is 0 Å². The number of benzene rings is 2. The first-order valence-electron chi connectivity index (χ1n) is 13.2. The number of nitrogens with two attached hydrogens (primary N) is 1. The lowest BCUT2D eigenvalue weighted by Gasteiger charge is -2.29. The van der Waals surface area contributed by atoms with Crippen molar-refractivity contribution in [2.45, 2.75) is 57.4 Å². The molecule has 2 unspecified atom stereocenters. The summed E-state index contributed by atoms with van der Waals surface area (Å²) in [5.41, 5.74) is 6.95. The third-order valence-corrected chi connectivity index (χ3v) is 6.02. The van der Waals surface area contributed by atoms with E-state index in [1.165, 1.54) is 7.11 Å². The van der Waals surface area contributed by atoms with Crippen LogP contribution in [-0.2, 0) is 46.5 Å². The molecule has 2 aromatic carbocycles. The van der Waals surface area contributed by atoms with Crippen molar-refractivity contribution in [1.82, 2.24) is 10.2 Å². The third-order valence-electron chi connectivity index (χ3n) is 6.02. The number of methoxy groups -OCH3 is 2. The molecule has 12 heteroatoms. The second kappa shape index (κ2) is 18.0. The predicted molar refractivity (Wildman–Crippen MR) is 147 cm³/mol. The smallest absolute Gasteiger partial charge is 0.420 e. The van der Waals surface area contributed by atoms with Crippen LogP contribution in [0.3, 0.4) is 0 Å². The van der Waals surface area contributed by atoms with Gasteiger partial charge in [-0.05, 0) is 43.4 Å². The summed E-state index contributed by atoms with van der Waals surface area (Å²) in [5, 5.41) is 2.50. The molecule has 2 aromatic rings. The highest BCUT2D eigenvalue weighted by Crippen LogP contribution is 2.17. The molecule has 41 heavy (non-hydrogen) atoms. The first kappa shape index (κ1) is 32.8. The molecule has 0 aliphatic heterocycles. The van der Waals surface area contributed by atoms with Gasteiger partial charge in [0.05, 0.1) is 14.2 Å². The molecule has 2 atom stereocenters. The Morgan fingerprint density at radius 3 is 1.78 bits per heavy atom. The first-order chi connectivity index (χ1) is 19.8. The molecule has 0 aliphatic carbocycles. The second-order valence-corrected chi connectivity index (χ2v) is 8.95. The first-order valence-corrected chi connectivity index (χ1v) is 13.2. The summed E-state index contributed by atoms with van der Waals surface area (Å²) in [5.74, 6) is -2.24. The van der Waals surface area contributed by atoms with Crippen molar-refractivity contribution in [1.29, 1.82) is 0 Å². The number of carbonyl (C=O) groups is 5. The van der Waals surface area contributed by atoms with Crippen LogP contribution in [0.15, 0.2) is 60.7 Å². The van der Waals surface area contributed by atoms with Gasteiger partial charge in [0.25, 0.3) is 0 Å². The highest BCUT2D eigenvalue weighted by Gasteiger charge is 2.38. The van der Waals surface area contributed by atoms with E-state index < -0.39 is 42.1 Å². The maximum Gasteiger partial charge on any atom is 0.420 e. The van der Waals surface area contributed by atoms with Gasteiger partial charge in [0.2, 0.25) is 5.91 Å². The fourth-order valence-electron chi connectivity index (χ4n) is 3.79. The molecule has 0 saturated heterocycles. The molecule has 0 spiro atoms. The minimum absolute atomic E-state index is 0.00873. The second-order valence-electron chi connectivity index (χ2n) is 8.95. The van der Waals surface area contributed by atoms with Gasteiger partial charge < -0.3 is 30.0 Å². The summed E-state index contributed by atoms with van der Waals surface area (Å²) in [6.07, 6.45) is -1.65. The van der Waals surface area contributed by atoms with E-state index in [0.29, 0.717) is 35.4 Å². The van der Waals surface area contributed by atoms with Crippen LogP contribution in [-0.4, -0.2) is 67.8 Å². The highest BCUT2D eigenvalue weighted by molar-refractivity contribution is 5.96. The van der Waals surface area contributed by atoms with Gasteiger partial charge >= 0.3 is 24.1 Å². The van der Waals surface area contributed by atoms with Gasteiger partial charge in [-0.15, -0.1) is 0 Å². The fraction of sp³-hybridized carbons (Fsp3) is 0.414. The van der Waals surface area contributed by atoms with Gasteiger partial charge in [0, 0.05) is 6.42 Å². The number of hydrogen-bond donors (Lipinski definition) is 2. The minimum Gasteiger partial charge on any atom is -0.469 e. The normalized spacial score (nSPS) is 11.9. The Kier molecular flexibility index (Phi) is 14.4. The van der Waals surface area contributed by atoms with E-state index in [4.69, 9.17) is 19.9 Å². The van der Waals surface area contributed by atoms with Crippen molar-refractivity contribution >= 4 is 30.0 Å². The summed E-state index contributed by atoms with van der Waals surface area (Å²) in [6.45, 7) is -0.0124. The van der Waals surface area contributed by atoms with Crippen LogP contribution in [0.4, 0.5) is 9.59 Å². The molecule has 3 N–H and O–H groups in total. The largest absolute Gasteiger partial charge is 0.469 e. The van der Waals surface area contributed by atoms with E-state index >= 15 is 0 Å². The Morgan fingerprint density at radius 2 is 1.32 bits per heavy atom. The molecule has 0 saturated carbocycles. The van der Waals surface area contributed by atoms with Gasteiger partial charge in [-0.1, -0.05) is 60.7 Å². The summed E-state index contributed by atoms with van der Waals surface area (Å²) in [7, 11) is 2.33. The predicted octanol–water partition coefficient (Wildman–Crippen LogP) is 3.07. The van der Waals surface area contributed by atoms with Crippen LogP contribution in [0.25, 0.3) is 0 Å². The number of nitrogens with zero attached hydrogens (tertiary/aromatic N) is 1. The molecule has 0 radical (unpaired) electrons.